The van der Waals surface area contributed by atoms with Gasteiger partial charge in [0.25, 0.3) is 0 Å². The van der Waals surface area contributed by atoms with Gasteiger partial charge in [0.15, 0.2) is 11.5 Å². The van der Waals surface area contributed by atoms with Crippen LogP contribution in [0.4, 0.5) is 0 Å². The molecular formula is C26H25ClN4O5. The van der Waals surface area contributed by atoms with Crippen LogP contribution >= 0.6 is 11.6 Å². The van der Waals surface area contributed by atoms with Crippen molar-refractivity contribution in [1.29, 1.82) is 0 Å². The molecule has 0 saturated heterocycles. The predicted octanol–water partition coefficient (Wildman–Crippen LogP) is 4.62. The summed E-state index contributed by atoms with van der Waals surface area (Å²) in [7, 11) is 3.21. The molecule has 10 heteroatoms. The number of carboxylic acid groups (broad SMARTS) is 1. The van der Waals surface area contributed by atoms with E-state index < -0.39 is 12.1 Å². The maximum atomic E-state index is 11.0. The number of hydrogen-bond acceptors (Lipinski definition) is 6. The Morgan fingerprint density at radius 3 is 2.78 bits per heavy atom. The van der Waals surface area contributed by atoms with Crippen LogP contribution in [0.3, 0.4) is 0 Å². The number of halogens is 1. The second-order valence-corrected chi connectivity index (χ2v) is 8.87. The maximum Gasteiger partial charge on any atom is 0.325 e. The zero-order chi connectivity index (χ0) is 25.2. The monoisotopic (exact) mass is 508 g/mol. The molecule has 0 saturated carbocycles. The second-order valence-electron chi connectivity index (χ2n) is 8.43. The van der Waals surface area contributed by atoms with Gasteiger partial charge in [-0.2, -0.15) is 0 Å². The number of para-hydroxylation sites is 1. The molecule has 0 unspecified atom stereocenters. The Kier molecular flexibility index (Phi) is 6.67. The van der Waals surface area contributed by atoms with Gasteiger partial charge in [-0.3, -0.25) is 4.79 Å². The molecule has 1 N–H and O–H groups in total. The first-order valence-corrected chi connectivity index (χ1v) is 11.8. The van der Waals surface area contributed by atoms with Gasteiger partial charge in [-0.25, -0.2) is 4.68 Å². The highest BCUT2D eigenvalue weighted by atomic mass is 35.5. The number of aromatic nitrogens is 4. The summed E-state index contributed by atoms with van der Waals surface area (Å²) in [5.41, 5.74) is 4.37. The molecule has 0 fully saturated rings. The number of aryl methyl sites for hydroxylation is 1. The fourth-order valence-corrected chi connectivity index (χ4v) is 4.84. The van der Waals surface area contributed by atoms with Crippen molar-refractivity contribution in [2.75, 3.05) is 14.2 Å². The van der Waals surface area contributed by atoms with E-state index in [1.807, 2.05) is 54.7 Å². The van der Waals surface area contributed by atoms with Crippen LogP contribution in [0.15, 0.2) is 60.9 Å². The summed E-state index contributed by atoms with van der Waals surface area (Å²) in [6, 6.07) is 15.5. The van der Waals surface area contributed by atoms with Crippen LogP contribution in [0.2, 0.25) is 5.02 Å². The first-order valence-electron chi connectivity index (χ1n) is 11.4. The minimum Gasteiger partial charge on any atom is -0.493 e. The molecule has 9 nitrogen and oxygen atoms in total. The number of aliphatic carboxylic acids is 1. The average Bonchev–Trinajstić information content (AvgIpc) is 3.51. The normalized spacial score (nSPS) is 16.6. The van der Waals surface area contributed by atoms with E-state index in [0.717, 1.165) is 22.5 Å². The third-order valence-corrected chi connectivity index (χ3v) is 6.44. The zero-order valence-corrected chi connectivity index (χ0v) is 20.6. The molecule has 2 atom stereocenters. The van der Waals surface area contributed by atoms with Crippen molar-refractivity contribution in [2.24, 2.45) is 0 Å². The summed E-state index contributed by atoms with van der Waals surface area (Å²) in [6.45, 7) is -0.233. The molecule has 0 bridgehead atoms. The van der Waals surface area contributed by atoms with Crippen LogP contribution in [-0.4, -0.2) is 44.9 Å². The lowest BCUT2D eigenvalue weighted by Gasteiger charge is -2.25. The molecule has 2 aromatic carbocycles. The summed E-state index contributed by atoms with van der Waals surface area (Å²) in [4.78, 5) is 11.0. The highest BCUT2D eigenvalue weighted by Crippen LogP contribution is 2.46. The van der Waals surface area contributed by atoms with Crippen LogP contribution < -0.4 is 9.47 Å². The molecule has 0 radical (unpaired) electrons. The summed E-state index contributed by atoms with van der Waals surface area (Å²) in [5.74, 6) is 0.235. The van der Waals surface area contributed by atoms with Crippen LogP contribution in [-0.2, 0) is 22.5 Å². The molecule has 0 spiro atoms. The van der Waals surface area contributed by atoms with Crippen LogP contribution in [0.25, 0.3) is 5.69 Å². The Balaban J connectivity index is 1.55. The van der Waals surface area contributed by atoms with Crippen molar-refractivity contribution in [3.63, 3.8) is 0 Å². The molecule has 3 heterocycles. The summed E-state index contributed by atoms with van der Waals surface area (Å²) >= 11 is 6.45. The second kappa shape index (κ2) is 10.0. The quantitative estimate of drug-likeness (QED) is 0.370. The Morgan fingerprint density at radius 2 is 2.00 bits per heavy atom. The predicted molar refractivity (Wildman–Crippen MR) is 132 cm³/mol. The van der Waals surface area contributed by atoms with Crippen molar-refractivity contribution >= 4 is 17.6 Å². The number of hydrogen-bond donors (Lipinski definition) is 1. The van der Waals surface area contributed by atoms with Gasteiger partial charge >= 0.3 is 5.97 Å². The third kappa shape index (κ3) is 4.55. The SMILES string of the molecule is COc1cccc([C@H]2O[C@H](CCc3cn(CC(=O)O)nn3)c3cccn3-c3ccc(Cl)cc32)c1OC. The van der Waals surface area contributed by atoms with E-state index >= 15 is 0 Å². The Hall–Kier alpha value is -3.82. The van der Waals surface area contributed by atoms with E-state index in [2.05, 4.69) is 14.9 Å². The minimum atomic E-state index is -0.970. The van der Waals surface area contributed by atoms with Gasteiger partial charge in [0, 0.05) is 28.5 Å². The van der Waals surface area contributed by atoms with Gasteiger partial charge in [0.1, 0.15) is 12.6 Å². The lowest BCUT2D eigenvalue weighted by molar-refractivity contribution is -0.137. The molecule has 5 rings (SSSR count). The first-order chi connectivity index (χ1) is 17.5. The summed E-state index contributed by atoms with van der Waals surface area (Å²) < 4.78 is 21.6. The number of methoxy groups -OCH3 is 2. The smallest absolute Gasteiger partial charge is 0.325 e. The summed E-state index contributed by atoms with van der Waals surface area (Å²) in [6.07, 6.45) is 4.01. The van der Waals surface area contributed by atoms with Gasteiger partial charge in [0.05, 0.1) is 37.4 Å². The number of carboxylic acids is 1. The van der Waals surface area contributed by atoms with Gasteiger partial charge < -0.3 is 23.9 Å². The molecule has 186 valence electrons. The van der Waals surface area contributed by atoms with E-state index in [1.165, 1.54) is 4.68 Å². The third-order valence-electron chi connectivity index (χ3n) is 6.20. The van der Waals surface area contributed by atoms with Crippen molar-refractivity contribution in [2.45, 2.75) is 31.6 Å². The lowest BCUT2D eigenvalue weighted by Crippen LogP contribution is -2.13. The number of nitrogens with zero attached hydrogens (tertiary/aromatic N) is 4. The van der Waals surface area contributed by atoms with Crippen molar-refractivity contribution < 1.29 is 24.1 Å². The van der Waals surface area contributed by atoms with Crippen LogP contribution in [0.1, 0.15) is 41.1 Å². The fraction of sp³-hybridized carbons (Fsp3) is 0.269. The van der Waals surface area contributed by atoms with E-state index in [1.54, 1.807) is 20.4 Å². The summed E-state index contributed by atoms with van der Waals surface area (Å²) in [5, 5.41) is 17.7. The molecule has 1 aliphatic heterocycles. The van der Waals surface area contributed by atoms with E-state index in [-0.39, 0.29) is 12.6 Å². The van der Waals surface area contributed by atoms with Crippen molar-refractivity contribution in [3.8, 4) is 17.2 Å². The van der Waals surface area contributed by atoms with Crippen LogP contribution in [0, 0.1) is 0 Å². The van der Waals surface area contributed by atoms with Crippen molar-refractivity contribution in [1.82, 2.24) is 19.6 Å². The maximum absolute atomic E-state index is 11.0. The highest BCUT2D eigenvalue weighted by molar-refractivity contribution is 6.30. The Bertz CT molecular complexity index is 1400. The van der Waals surface area contributed by atoms with Crippen LogP contribution in [0.5, 0.6) is 11.5 Å². The Labute approximate surface area is 212 Å². The largest absolute Gasteiger partial charge is 0.493 e. The molecule has 2 aromatic heterocycles. The van der Waals surface area contributed by atoms with Gasteiger partial charge in [-0.15, -0.1) is 5.10 Å². The van der Waals surface area contributed by atoms with Gasteiger partial charge in [0.2, 0.25) is 0 Å². The number of fused-ring (bicyclic) bond motifs is 3. The molecule has 4 aromatic rings. The Morgan fingerprint density at radius 1 is 1.14 bits per heavy atom. The topological polar surface area (TPSA) is 101 Å². The van der Waals surface area contributed by atoms with Gasteiger partial charge in [-0.1, -0.05) is 28.9 Å². The number of benzene rings is 2. The number of ether oxygens (including phenoxy) is 3. The molecule has 1 aliphatic rings. The van der Waals surface area contributed by atoms with Crippen molar-refractivity contribution in [3.05, 3.63) is 88.5 Å². The first kappa shape index (κ1) is 23.9. The molecular weight excluding hydrogens is 484 g/mol. The van der Waals surface area contributed by atoms with E-state index in [9.17, 15) is 4.79 Å². The fourth-order valence-electron chi connectivity index (χ4n) is 4.66. The minimum absolute atomic E-state index is 0.233. The molecule has 36 heavy (non-hydrogen) atoms. The standard InChI is InChI=1S/C26H25ClN4O5/c1-34-23-7-3-5-18(26(23)35-2)25-19-13-16(27)8-10-20(19)31-12-4-6-21(31)22(36-25)11-9-17-14-30(29-28-17)15-24(32)33/h3-8,10,12-14,22,25H,9,11,15H2,1-2H3,(H,32,33)/t22-,25-/m1/s1. The lowest BCUT2D eigenvalue weighted by atomic mass is 9.98. The number of carbonyl (C=O) groups is 1. The van der Waals surface area contributed by atoms with E-state index in [0.29, 0.717) is 35.1 Å². The average molecular weight is 509 g/mol. The highest BCUT2D eigenvalue weighted by Gasteiger charge is 2.33. The number of rotatable bonds is 8. The van der Waals surface area contributed by atoms with Gasteiger partial charge in [-0.05, 0) is 49.2 Å². The van der Waals surface area contributed by atoms with E-state index in [4.69, 9.17) is 30.9 Å². The zero-order valence-electron chi connectivity index (χ0n) is 19.8. The molecule has 0 aliphatic carbocycles. The molecule has 0 amide bonds.